The second-order valence-corrected chi connectivity index (χ2v) is 6.75. The molecule has 2 heterocycles. The number of nitrogens with zero attached hydrogens (tertiary/aromatic N) is 3. The first-order valence-electron chi connectivity index (χ1n) is 8.88. The lowest BCUT2D eigenvalue weighted by Crippen LogP contribution is -2.21. The van der Waals surface area contributed by atoms with Gasteiger partial charge in [-0.15, -0.1) is 0 Å². The summed E-state index contributed by atoms with van der Waals surface area (Å²) >= 11 is 0. The first-order valence-corrected chi connectivity index (χ1v) is 8.88. The fraction of sp³-hybridized carbons (Fsp3) is 0.0455. The topological polar surface area (TPSA) is 90.4 Å². The maximum absolute atomic E-state index is 11.2. The summed E-state index contributed by atoms with van der Waals surface area (Å²) in [5, 5.41) is 22.5. The van der Waals surface area contributed by atoms with Crippen LogP contribution in [0.4, 0.5) is 11.4 Å². The van der Waals surface area contributed by atoms with Crippen LogP contribution in [0.1, 0.15) is 5.56 Å². The number of fused-ring (bicyclic) bond motifs is 1. The summed E-state index contributed by atoms with van der Waals surface area (Å²) in [5.41, 5.74) is 4.82. The number of rotatable bonds is 4. The lowest BCUT2D eigenvalue weighted by atomic mass is 9.95. The van der Waals surface area contributed by atoms with Crippen LogP contribution in [0.2, 0.25) is 0 Å². The van der Waals surface area contributed by atoms with Gasteiger partial charge in [-0.05, 0) is 23.6 Å². The molecule has 2 aromatic carbocycles. The molecule has 0 spiro atoms. The van der Waals surface area contributed by atoms with Crippen LogP contribution >= 0.6 is 0 Å². The Hall–Kier alpha value is -4.13. The van der Waals surface area contributed by atoms with Gasteiger partial charge in [0.25, 0.3) is 11.4 Å². The zero-order valence-corrected chi connectivity index (χ0v) is 15.5. The van der Waals surface area contributed by atoms with E-state index in [4.69, 9.17) is 0 Å². The minimum absolute atomic E-state index is 0.00974. The summed E-state index contributed by atoms with van der Waals surface area (Å²) in [5.74, 6) is 0. The zero-order valence-electron chi connectivity index (χ0n) is 15.5. The molecule has 0 saturated heterocycles. The Morgan fingerprint density at radius 3 is 1.93 bits per heavy atom. The molecule has 29 heavy (non-hydrogen) atoms. The van der Waals surface area contributed by atoms with Crippen LogP contribution in [-0.4, -0.2) is 9.85 Å². The first-order chi connectivity index (χ1) is 13.9. The van der Waals surface area contributed by atoms with Crippen molar-refractivity contribution in [1.82, 2.24) is 0 Å². The van der Waals surface area contributed by atoms with Gasteiger partial charge in [0.2, 0.25) is 5.52 Å². The van der Waals surface area contributed by atoms with E-state index in [0.717, 1.165) is 22.2 Å². The van der Waals surface area contributed by atoms with E-state index >= 15 is 0 Å². The van der Waals surface area contributed by atoms with E-state index in [1.54, 1.807) is 24.3 Å². The molecule has 0 aliphatic carbocycles. The lowest BCUT2D eigenvalue weighted by Gasteiger charge is -2.09. The smallest absolute Gasteiger partial charge is 0.258 e. The average molecular weight is 386 g/mol. The van der Waals surface area contributed by atoms with Gasteiger partial charge in [0.05, 0.1) is 15.4 Å². The van der Waals surface area contributed by atoms with Crippen molar-refractivity contribution in [3.05, 3.63) is 105 Å². The molecule has 0 unspecified atom stereocenters. The summed E-state index contributed by atoms with van der Waals surface area (Å²) in [7, 11) is 0. The minimum atomic E-state index is -0.436. The van der Waals surface area contributed by atoms with E-state index in [2.05, 4.69) is 0 Å². The number of pyridine rings is 2. The molecule has 0 fully saturated rings. The highest BCUT2D eigenvalue weighted by molar-refractivity contribution is 5.85. The summed E-state index contributed by atoms with van der Waals surface area (Å²) in [6.07, 6.45) is 3.81. The Labute approximate surface area is 165 Å². The molecule has 7 heteroatoms. The van der Waals surface area contributed by atoms with E-state index in [9.17, 15) is 20.2 Å². The molecule has 0 saturated carbocycles. The molecule has 4 aromatic rings. The number of nitro benzene ring substituents is 2. The molecule has 2 aromatic heterocycles. The highest BCUT2D eigenvalue weighted by Crippen LogP contribution is 2.34. The van der Waals surface area contributed by atoms with Gasteiger partial charge in [-0.1, -0.05) is 24.3 Å². The van der Waals surface area contributed by atoms with E-state index in [-0.39, 0.29) is 11.4 Å². The quantitative estimate of drug-likeness (QED) is 0.284. The molecular weight excluding hydrogens is 370 g/mol. The van der Waals surface area contributed by atoms with Crippen molar-refractivity contribution in [3.8, 4) is 22.3 Å². The van der Waals surface area contributed by atoms with Crippen LogP contribution in [0.25, 0.3) is 27.8 Å². The van der Waals surface area contributed by atoms with E-state index in [0.29, 0.717) is 11.1 Å². The van der Waals surface area contributed by atoms with Crippen LogP contribution in [-0.2, 0) is 0 Å². The molecule has 0 aliphatic heterocycles. The van der Waals surface area contributed by atoms with Crippen molar-refractivity contribution < 1.29 is 14.2 Å². The minimum Gasteiger partial charge on any atom is -0.258 e. The standard InChI is InChI=1S/C22H16N3O4/c1-15-8-9-23-14-22(17-5-3-7-19(12-17)25(28)29)21(13-20(23)10-15)16-4-2-6-18(11-16)24(26)27/h2-14H,1H3/q+1. The lowest BCUT2D eigenvalue weighted by molar-refractivity contribution is -0.511. The molecule has 0 amide bonds. The number of hydrogen-bond donors (Lipinski definition) is 0. The van der Waals surface area contributed by atoms with Crippen LogP contribution in [0.15, 0.2) is 79.1 Å². The summed E-state index contributed by atoms with van der Waals surface area (Å²) < 4.78 is 1.93. The zero-order chi connectivity index (χ0) is 20.5. The average Bonchev–Trinajstić information content (AvgIpc) is 2.73. The van der Waals surface area contributed by atoms with Crippen LogP contribution in [0, 0.1) is 27.2 Å². The van der Waals surface area contributed by atoms with Gasteiger partial charge >= 0.3 is 0 Å². The van der Waals surface area contributed by atoms with Gasteiger partial charge in [-0.2, -0.15) is 4.40 Å². The van der Waals surface area contributed by atoms with Gasteiger partial charge in [0.15, 0.2) is 12.4 Å². The van der Waals surface area contributed by atoms with Crippen molar-refractivity contribution in [2.24, 2.45) is 0 Å². The Bertz CT molecular complexity index is 1280. The molecule has 0 bridgehead atoms. The Kier molecular flexibility index (Phi) is 4.48. The first kappa shape index (κ1) is 18.2. The number of aromatic nitrogens is 1. The Balaban J connectivity index is 2.02. The van der Waals surface area contributed by atoms with Crippen LogP contribution in [0.3, 0.4) is 0 Å². The SMILES string of the molecule is Cc1cc[n+]2cc(-c3cccc([N+](=O)[O-])c3)c(-c3cccc([N+](=O)[O-])c3)cc2c1. The third-order valence-corrected chi connectivity index (χ3v) is 4.76. The normalized spacial score (nSPS) is 10.8. The van der Waals surface area contributed by atoms with E-state index in [1.807, 2.05) is 41.9 Å². The fourth-order valence-electron chi connectivity index (χ4n) is 3.35. The molecular formula is C22H16N3O4+. The van der Waals surface area contributed by atoms with Gasteiger partial charge in [-0.25, -0.2) is 0 Å². The van der Waals surface area contributed by atoms with Gasteiger partial charge in [-0.3, -0.25) is 20.2 Å². The third kappa shape index (κ3) is 3.53. The number of non-ortho nitro benzene ring substituents is 2. The van der Waals surface area contributed by atoms with Crippen molar-refractivity contribution in [2.45, 2.75) is 6.92 Å². The number of benzene rings is 2. The van der Waals surface area contributed by atoms with Gasteiger partial charge < -0.3 is 0 Å². The highest BCUT2D eigenvalue weighted by Gasteiger charge is 2.18. The second kappa shape index (κ2) is 7.12. The van der Waals surface area contributed by atoms with Crippen molar-refractivity contribution in [2.75, 3.05) is 0 Å². The maximum atomic E-state index is 11.2. The summed E-state index contributed by atoms with van der Waals surface area (Å²) in [6, 6.07) is 18.7. The van der Waals surface area contributed by atoms with Crippen LogP contribution in [0.5, 0.6) is 0 Å². The molecule has 142 valence electrons. The second-order valence-electron chi connectivity index (χ2n) is 6.75. The third-order valence-electron chi connectivity index (χ3n) is 4.76. The monoisotopic (exact) mass is 386 g/mol. The molecule has 0 atom stereocenters. The Morgan fingerprint density at radius 2 is 1.34 bits per heavy atom. The fourth-order valence-corrected chi connectivity index (χ4v) is 3.35. The molecule has 0 radical (unpaired) electrons. The molecule has 4 rings (SSSR count). The van der Waals surface area contributed by atoms with Crippen molar-refractivity contribution in [1.29, 1.82) is 0 Å². The number of aryl methyl sites for hydroxylation is 1. The van der Waals surface area contributed by atoms with Gasteiger partial charge in [0.1, 0.15) is 0 Å². The number of hydrogen-bond acceptors (Lipinski definition) is 4. The largest absolute Gasteiger partial charge is 0.270 e. The van der Waals surface area contributed by atoms with Gasteiger partial charge in [0, 0.05) is 48.0 Å². The highest BCUT2D eigenvalue weighted by atomic mass is 16.6. The number of nitro groups is 2. The van der Waals surface area contributed by atoms with Crippen LogP contribution < -0.4 is 4.40 Å². The molecule has 0 aliphatic rings. The summed E-state index contributed by atoms with van der Waals surface area (Å²) in [6.45, 7) is 1.99. The maximum Gasteiger partial charge on any atom is 0.270 e. The molecule has 7 nitrogen and oxygen atoms in total. The van der Waals surface area contributed by atoms with E-state index in [1.165, 1.54) is 24.3 Å². The van der Waals surface area contributed by atoms with E-state index < -0.39 is 9.85 Å². The van der Waals surface area contributed by atoms with Crippen molar-refractivity contribution >= 4 is 16.9 Å². The Morgan fingerprint density at radius 1 is 0.759 bits per heavy atom. The van der Waals surface area contributed by atoms with Crippen molar-refractivity contribution in [3.63, 3.8) is 0 Å². The predicted octanol–water partition coefficient (Wildman–Crippen LogP) is 4.88. The molecule has 0 N–H and O–H groups in total. The predicted molar refractivity (Wildman–Crippen MR) is 109 cm³/mol. The summed E-state index contributed by atoms with van der Waals surface area (Å²) in [4.78, 5) is 21.6.